The number of hydrogen-bond donors (Lipinski definition) is 2. The van der Waals surface area contributed by atoms with E-state index in [2.05, 4.69) is 53.2 Å². The maximum Gasteiger partial charge on any atom is 0.239 e. The van der Waals surface area contributed by atoms with Crippen LogP contribution in [-0.4, -0.2) is 53.5 Å². The molecule has 2 N–H and O–H groups in total. The molecule has 0 unspecified atom stereocenters. The highest BCUT2D eigenvalue weighted by Gasteiger charge is 2.14. The smallest absolute Gasteiger partial charge is 0.239 e. The van der Waals surface area contributed by atoms with Gasteiger partial charge < -0.3 is 15.5 Å². The summed E-state index contributed by atoms with van der Waals surface area (Å²) in [6, 6.07) is 0. The van der Waals surface area contributed by atoms with Crippen molar-refractivity contribution in [2.75, 3.05) is 38.0 Å². The van der Waals surface area contributed by atoms with Crippen molar-refractivity contribution in [1.29, 1.82) is 0 Å². The number of fused-ring (bicyclic) bond motifs is 1. The molecule has 0 radical (unpaired) electrons. The minimum Gasteiger partial charge on any atom is -0.360 e. The number of unbranched alkanes of at least 4 members (excludes halogenated alkanes) is 1. The van der Waals surface area contributed by atoms with E-state index in [0.717, 1.165) is 60.9 Å². The predicted octanol–water partition coefficient (Wildman–Crippen LogP) is 3.27. The topological polar surface area (TPSA) is 70.2 Å². The molecule has 0 saturated carbocycles. The SMILES string of the molecule is CCN(CC)CCCCNC(=O)CNc1nc(C)nc2sc(C)c(C)c12. The maximum absolute atomic E-state index is 12.1. The fourth-order valence-electron chi connectivity index (χ4n) is 2.94. The first-order chi connectivity index (χ1) is 12.5. The summed E-state index contributed by atoms with van der Waals surface area (Å²) in [6.45, 7) is 14.6. The highest BCUT2D eigenvalue weighted by atomic mass is 32.1. The maximum atomic E-state index is 12.1. The molecule has 0 aliphatic rings. The number of nitrogens with zero attached hydrogens (tertiary/aromatic N) is 3. The summed E-state index contributed by atoms with van der Waals surface area (Å²) in [5, 5.41) is 7.21. The molecule has 0 aromatic carbocycles. The van der Waals surface area contributed by atoms with Crippen molar-refractivity contribution < 1.29 is 4.79 Å². The molecule has 0 atom stereocenters. The predicted molar refractivity (Wildman–Crippen MR) is 110 cm³/mol. The molecule has 144 valence electrons. The minimum absolute atomic E-state index is 0.00172. The van der Waals surface area contributed by atoms with Gasteiger partial charge in [-0.15, -0.1) is 11.3 Å². The second-order valence-corrected chi connectivity index (χ2v) is 7.72. The molecule has 26 heavy (non-hydrogen) atoms. The molecule has 1 amide bonds. The van der Waals surface area contributed by atoms with E-state index in [1.54, 1.807) is 11.3 Å². The Morgan fingerprint density at radius 1 is 1.12 bits per heavy atom. The molecular weight excluding hydrogens is 346 g/mol. The first kappa shape index (κ1) is 20.6. The van der Waals surface area contributed by atoms with E-state index in [4.69, 9.17) is 0 Å². The van der Waals surface area contributed by atoms with E-state index >= 15 is 0 Å². The third-order valence-corrected chi connectivity index (χ3v) is 5.78. The Bertz CT molecular complexity index is 739. The zero-order valence-corrected chi connectivity index (χ0v) is 17.4. The van der Waals surface area contributed by atoms with Gasteiger partial charge in [0.05, 0.1) is 11.9 Å². The van der Waals surface area contributed by atoms with E-state index < -0.39 is 0 Å². The number of hydrogen-bond acceptors (Lipinski definition) is 6. The largest absolute Gasteiger partial charge is 0.360 e. The number of carbonyl (C=O) groups is 1. The van der Waals surface area contributed by atoms with Gasteiger partial charge in [-0.05, 0) is 58.8 Å². The van der Waals surface area contributed by atoms with Crippen LogP contribution in [-0.2, 0) is 4.79 Å². The summed E-state index contributed by atoms with van der Waals surface area (Å²) < 4.78 is 0. The van der Waals surface area contributed by atoms with Crippen molar-refractivity contribution in [2.24, 2.45) is 0 Å². The lowest BCUT2D eigenvalue weighted by Gasteiger charge is -2.17. The summed E-state index contributed by atoms with van der Waals surface area (Å²) in [6.07, 6.45) is 2.11. The Morgan fingerprint density at radius 3 is 2.54 bits per heavy atom. The fourth-order valence-corrected chi connectivity index (χ4v) is 4.01. The number of aryl methyl sites for hydroxylation is 3. The summed E-state index contributed by atoms with van der Waals surface area (Å²) in [5.74, 6) is 1.48. The highest BCUT2D eigenvalue weighted by molar-refractivity contribution is 7.18. The van der Waals surface area contributed by atoms with Crippen molar-refractivity contribution in [3.8, 4) is 0 Å². The average Bonchev–Trinajstić information content (AvgIpc) is 2.90. The molecule has 0 aliphatic carbocycles. The lowest BCUT2D eigenvalue weighted by Crippen LogP contribution is -2.31. The van der Waals surface area contributed by atoms with Gasteiger partial charge in [0.1, 0.15) is 16.5 Å². The van der Waals surface area contributed by atoms with Gasteiger partial charge in [-0.2, -0.15) is 0 Å². The van der Waals surface area contributed by atoms with Crippen LogP contribution in [0.5, 0.6) is 0 Å². The third-order valence-electron chi connectivity index (χ3n) is 4.67. The Morgan fingerprint density at radius 2 is 1.85 bits per heavy atom. The van der Waals surface area contributed by atoms with Gasteiger partial charge in [0.25, 0.3) is 0 Å². The van der Waals surface area contributed by atoms with Gasteiger partial charge in [-0.25, -0.2) is 9.97 Å². The summed E-state index contributed by atoms with van der Waals surface area (Å²) >= 11 is 1.67. The molecular formula is C19H31N5OS. The van der Waals surface area contributed by atoms with Gasteiger partial charge in [0.15, 0.2) is 0 Å². The van der Waals surface area contributed by atoms with Crippen molar-refractivity contribution >= 4 is 33.3 Å². The van der Waals surface area contributed by atoms with Crippen molar-refractivity contribution in [1.82, 2.24) is 20.2 Å². The molecule has 2 aromatic rings. The lowest BCUT2D eigenvalue weighted by molar-refractivity contribution is -0.119. The molecule has 7 heteroatoms. The Labute approximate surface area is 160 Å². The molecule has 0 bridgehead atoms. The van der Waals surface area contributed by atoms with Gasteiger partial charge in [-0.1, -0.05) is 13.8 Å². The number of thiophene rings is 1. The molecule has 2 rings (SSSR count). The van der Waals surface area contributed by atoms with Gasteiger partial charge in [-0.3, -0.25) is 4.79 Å². The lowest BCUT2D eigenvalue weighted by atomic mass is 10.2. The van der Waals surface area contributed by atoms with Crippen molar-refractivity contribution in [2.45, 2.75) is 47.5 Å². The van der Waals surface area contributed by atoms with Crippen LogP contribution in [0.2, 0.25) is 0 Å². The Hall–Kier alpha value is -1.73. The minimum atomic E-state index is 0.00172. The standard InChI is InChI=1S/C19H31N5OS/c1-6-24(7-2)11-9-8-10-20-16(25)12-21-18-17-13(3)14(4)26-19(17)23-15(5)22-18/h6-12H2,1-5H3,(H,20,25)(H,21,22,23). The van der Waals surface area contributed by atoms with E-state index in [1.165, 1.54) is 10.4 Å². The highest BCUT2D eigenvalue weighted by Crippen LogP contribution is 2.32. The van der Waals surface area contributed by atoms with E-state index in [0.29, 0.717) is 0 Å². The number of carbonyl (C=O) groups excluding carboxylic acids is 1. The van der Waals surface area contributed by atoms with Gasteiger partial charge >= 0.3 is 0 Å². The van der Waals surface area contributed by atoms with Crippen LogP contribution in [0.15, 0.2) is 0 Å². The third kappa shape index (κ3) is 5.38. The zero-order valence-electron chi connectivity index (χ0n) is 16.6. The van der Waals surface area contributed by atoms with Crippen molar-refractivity contribution in [3.63, 3.8) is 0 Å². The summed E-state index contributed by atoms with van der Waals surface area (Å²) in [7, 11) is 0. The van der Waals surface area contributed by atoms with Crippen LogP contribution in [0.4, 0.5) is 5.82 Å². The molecule has 2 heterocycles. The molecule has 6 nitrogen and oxygen atoms in total. The van der Waals surface area contributed by atoms with Crippen LogP contribution in [0.3, 0.4) is 0 Å². The second kappa shape index (κ2) is 9.83. The molecule has 2 aromatic heterocycles. The number of anilines is 1. The Balaban J connectivity index is 1.82. The molecule has 0 saturated heterocycles. The molecule has 0 aliphatic heterocycles. The van der Waals surface area contributed by atoms with Crippen molar-refractivity contribution in [3.05, 3.63) is 16.3 Å². The molecule has 0 fully saturated rings. The summed E-state index contributed by atoms with van der Waals surface area (Å²) in [5.41, 5.74) is 1.18. The summed E-state index contributed by atoms with van der Waals surface area (Å²) in [4.78, 5) is 25.7. The van der Waals surface area contributed by atoms with Gasteiger partial charge in [0.2, 0.25) is 5.91 Å². The van der Waals surface area contributed by atoms with E-state index in [1.807, 2.05) is 6.92 Å². The van der Waals surface area contributed by atoms with Crippen LogP contribution in [0.25, 0.3) is 10.2 Å². The number of aromatic nitrogens is 2. The quantitative estimate of drug-likeness (QED) is 0.622. The first-order valence-electron chi connectivity index (χ1n) is 9.43. The fraction of sp³-hybridized carbons (Fsp3) is 0.632. The number of nitrogens with one attached hydrogen (secondary N) is 2. The van der Waals surface area contributed by atoms with Crippen LogP contribution >= 0.6 is 11.3 Å². The van der Waals surface area contributed by atoms with Crippen LogP contribution in [0.1, 0.15) is 43.0 Å². The molecule has 0 spiro atoms. The van der Waals surface area contributed by atoms with Gasteiger partial charge in [0, 0.05) is 11.4 Å². The number of rotatable bonds is 10. The monoisotopic (exact) mass is 377 g/mol. The van der Waals surface area contributed by atoms with Crippen LogP contribution < -0.4 is 10.6 Å². The van der Waals surface area contributed by atoms with E-state index in [9.17, 15) is 4.79 Å². The van der Waals surface area contributed by atoms with Crippen LogP contribution in [0, 0.1) is 20.8 Å². The number of amides is 1. The Kier molecular flexibility index (Phi) is 7.78. The van der Waals surface area contributed by atoms with E-state index in [-0.39, 0.29) is 12.5 Å². The zero-order chi connectivity index (χ0) is 19.1. The average molecular weight is 378 g/mol. The normalized spacial score (nSPS) is 11.3. The first-order valence-corrected chi connectivity index (χ1v) is 10.2. The second-order valence-electron chi connectivity index (χ2n) is 6.52.